The van der Waals surface area contributed by atoms with Crippen molar-refractivity contribution in [3.8, 4) is 0 Å². The van der Waals surface area contributed by atoms with Crippen LogP contribution >= 0.6 is 0 Å². The van der Waals surface area contributed by atoms with E-state index in [1.165, 1.54) is 0 Å². The minimum Gasteiger partial charge on any atom is -0.366 e. The Balaban J connectivity index is 2.51. The average Bonchev–Trinajstić information content (AvgIpc) is 2.37. The van der Waals surface area contributed by atoms with Gasteiger partial charge in [0, 0.05) is 17.8 Å². The van der Waals surface area contributed by atoms with Gasteiger partial charge in [-0.15, -0.1) is 0 Å². The monoisotopic (exact) mass is 277 g/mol. The Morgan fingerprint density at radius 3 is 2.75 bits per heavy atom. The molecule has 20 heavy (non-hydrogen) atoms. The van der Waals surface area contributed by atoms with Crippen LogP contribution in [0, 0.1) is 5.82 Å². The Morgan fingerprint density at radius 1 is 1.45 bits per heavy atom. The van der Waals surface area contributed by atoms with Crippen molar-refractivity contribution < 1.29 is 9.18 Å². The summed E-state index contributed by atoms with van der Waals surface area (Å²) >= 11 is 0. The summed E-state index contributed by atoms with van der Waals surface area (Å²) in [5.41, 5.74) is 2.26. The minimum absolute atomic E-state index is 0.0245. The van der Waals surface area contributed by atoms with Crippen LogP contribution in [0.15, 0.2) is 12.1 Å². The number of nitrogens with zero attached hydrogens (tertiary/aromatic N) is 1. The van der Waals surface area contributed by atoms with Crippen molar-refractivity contribution in [3.63, 3.8) is 0 Å². The van der Waals surface area contributed by atoms with Crippen LogP contribution in [0.4, 0.5) is 10.1 Å². The van der Waals surface area contributed by atoms with Crippen molar-refractivity contribution >= 4 is 12.0 Å². The second-order valence-corrected chi connectivity index (χ2v) is 6.47. The highest BCUT2D eigenvalue weighted by Gasteiger charge is 2.36. The van der Waals surface area contributed by atoms with E-state index in [2.05, 4.69) is 32.6 Å². The summed E-state index contributed by atoms with van der Waals surface area (Å²) in [6.45, 7) is 9.69. The van der Waals surface area contributed by atoms with Gasteiger partial charge in [0.15, 0.2) is 6.29 Å². The number of hydrogen-bond donors (Lipinski definition) is 0. The molecule has 0 spiro atoms. The lowest BCUT2D eigenvalue weighted by Gasteiger charge is -2.47. The van der Waals surface area contributed by atoms with Gasteiger partial charge < -0.3 is 4.90 Å². The zero-order chi connectivity index (χ0) is 14.9. The molecule has 1 aromatic rings. The van der Waals surface area contributed by atoms with E-state index in [1.807, 2.05) is 0 Å². The van der Waals surface area contributed by atoms with Crippen LogP contribution in [0.5, 0.6) is 0 Å². The lowest BCUT2D eigenvalue weighted by atomic mass is 9.79. The minimum atomic E-state index is -0.412. The number of aldehydes is 1. The van der Waals surface area contributed by atoms with Crippen LogP contribution in [0.2, 0.25) is 0 Å². The number of carbonyl (C=O) groups is 1. The van der Waals surface area contributed by atoms with Crippen LogP contribution in [0.1, 0.15) is 68.8 Å². The van der Waals surface area contributed by atoms with Gasteiger partial charge in [0.05, 0.1) is 5.56 Å². The molecule has 1 aromatic carbocycles. The zero-order valence-electron chi connectivity index (χ0n) is 12.9. The van der Waals surface area contributed by atoms with Crippen LogP contribution in [0.3, 0.4) is 0 Å². The van der Waals surface area contributed by atoms with E-state index in [-0.39, 0.29) is 11.1 Å². The van der Waals surface area contributed by atoms with Crippen molar-refractivity contribution in [3.05, 3.63) is 29.1 Å². The third kappa shape index (κ3) is 2.58. The van der Waals surface area contributed by atoms with Crippen LogP contribution in [0.25, 0.3) is 0 Å². The van der Waals surface area contributed by atoms with Crippen LogP contribution < -0.4 is 4.90 Å². The van der Waals surface area contributed by atoms with Gasteiger partial charge in [-0.05, 0) is 50.3 Å². The number of carbonyl (C=O) groups excluding carboxylic acids is 1. The molecule has 1 aliphatic rings. The highest BCUT2D eigenvalue weighted by molar-refractivity contribution is 5.78. The van der Waals surface area contributed by atoms with E-state index < -0.39 is 5.82 Å². The number of anilines is 1. The molecule has 1 aliphatic heterocycles. The second-order valence-electron chi connectivity index (χ2n) is 6.47. The Kier molecular flexibility index (Phi) is 4.17. The summed E-state index contributed by atoms with van der Waals surface area (Å²) in [7, 11) is 0. The number of unbranched alkanes of at least 4 members (excludes halogenated alkanes) is 1. The predicted molar refractivity (Wildman–Crippen MR) is 81.2 cm³/mol. The summed E-state index contributed by atoms with van der Waals surface area (Å²) in [4.78, 5) is 13.3. The topological polar surface area (TPSA) is 20.3 Å². The Hall–Kier alpha value is -1.38. The Labute approximate surface area is 121 Å². The number of fused-ring (bicyclic) bond motifs is 1. The maximum absolute atomic E-state index is 14.0. The number of halogens is 1. The van der Waals surface area contributed by atoms with Crippen LogP contribution in [-0.4, -0.2) is 18.4 Å². The van der Waals surface area contributed by atoms with Gasteiger partial charge in [0.2, 0.25) is 0 Å². The van der Waals surface area contributed by atoms with E-state index >= 15 is 0 Å². The van der Waals surface area contributed by atoms with Gasteiger partial charge in [-0.25, -0.2) is 4.39 Å². The quantitative estimate of drug-likeness (QED) is 0.754. The average molecular weight is 277 g/mol. The molecule has 0 amide bonds. The molecule has 0 fully saturated rings. The molecule has 1 heterocycles. The van der Waals surface area contributed by atoms with Gasteiger partial charge in [0.1, 0.15) is 5.82 Å². The highest BCUT2D eigenvalue weighted by atomic mass is 19.1. The first-order chi connectivity index (χ1) is 9.40. The van der Waals surface area contributed by atoms with Gasteiger partial charge in [0.25, 0.3) is 0 Å². The Morgan fingerprint density at radius 2 is 2.15 bits per heavy atom. The molecule has 0 aromatic heterocycles. The summed E-state index contributed by atoms with van der Waals surface area (Å²) < 4.78 is 14.0. The van der Waals surface area contributed by atoms with Crippen LogP contribution in [-0.2, 0) is 0 Å². The Bertz CT molecular complexity index is 510. The fourth-order valence-corrected chi connectivity index (χ4v) is 3.35. The summed E-state index contributed by atoms with van der Waals surface area (Å²) in [6.07, 6.45) is 3.84. The maximum Gasteiger partial charge on any atom is 0.153 e. The first kappa shape index (κ1) is 15.0. The molecule has 0 bridgehead atoms. The molecule has 2 rings (SSSR count). The van der Waals surface area contributed by atoms with Crippen molar-refractivity contribution in [2.45, 2.75) is 58.4 Å². The van der Waals surface area contributed by atoms with E-state index in [9.17, 15) is 9.18 Å². The number of rotatable bonds is 4. The maximum atomic E-state index is 14.0. The van der Waals surface area contributed by atoms with Crippen molar-refractivity contribution in [2.24, 2.45) is 0 Å². The fourth-order valence-electron chi connectivity index (χ4n) is 3.35. The van der Waals surface area contributed by atoms with E-state index in [1.54, 1.807) is 12.1 Å². The summed E-state index contributed by atoms with van der Waals surface area (Å²) in [5.74, 6) is -0.0673. The molecule has 110 valence electrons. The van der Waals surface area contributed by atoms with Crippen molar-refractivity contribution in [2.75, 3.05) is 11.4 Å². The predicted octanol–water partition coefficient (Wildman–Crippen LogP) is 4.53. The molecule has 0 radical (unpaired) electrons. The summed E-state index contributed by atoms with van der Waals surface area (Å²) in [5, 5.41) is 0. The van der Waals surface area contributed by atoms with Gasteiger partial charge in [-0.1, -0.05) is 20.3 Å². The molecule has 0 aliphatic carbocycles. The largest absolute Gasteiger partial charge is 0.366 e. The fraction of sp³-hybridized carbons (Fsp3) is 0.588. The van der Waals surface area contributed by atoms with Gasteiger partial charge >= 0.3 is 0 Å². The second kappa shape index (κ2) is 5.55. The van der Waals surface area contributed by atoms with Crippen molar-refractivity contribution in [1.29, 1.82) is 0 Å². The first-order valence-corrected chi connectivity index (χ1v) is 7.47. The molecular weight excluding hydrogens is 253 g/mol. The summed E-state index contributed by atoms with van der Waals surface area (Å²) in [6, 6.07) is 3.28. The molecule has 0 unspecified atom stereocenters. The highest BCUT2D eigenvalue weighted by Crippen LogP contribution is 2.44. The van der Waals surface area contributed by atoms with E-state index in [0.717, 1.165) is 37.1 Å². The molecule has 0 saturated heterocycles. The molecule has 1 atom stereocenters. The third-order valence-electron chi connectivity index (χ3n) is 4.37. The molecule has 3 heteroatoms. The molecule has 2 nitrogen and oxygen atoms in total. The first-order valence-electron chi connectivity index (χ1n) is 7.47. The molecular formula is C17H24FNO. The number of benzene rings is 1. The molecule has 0 N–H and O–H groups in total. The smallest absolute Gasteiger partial charge is 0.153 e. The van der Waals surface area contributed by atoms with Gasteiger partial charge in [-0.3, -0.25) is 4.79 Å². The third-order valence-corrected chi connectivity index (χ3v) is 4.37. The lowest BCUT2D eigenvalue weighted by molar-refractivity contribution is 0.111. The standard InChI is InChI=1S/C17H24FNO/c1-5-6-7-19-16-9-15(18)13(11-20)8-14(16)12(2)10-17(19,3)4/h8-9,11-12H,5-7,10H2,1-4H3/t12-/m0/s1. The normalized spacial score (nSPS) is 20.6. The SMILES string of the molecule is CCCCN1c2cc(F)c(C=O)cc2[C@@H](C)CC1(C)C. The van der Waals surface area contributed by atoms with E-state index in [0.29, 0.717) is 12.2 Å². The zero-order valence-corrected chi connectivity index (χ0v) is 12.9. The lowest BCUT2D eigenvalue weighted by Crippen LogP contribution is -2.48. The van der Waals surface area contributed by atoms with E-state index in [4.69, 9.17) is 0 Å². The number of hydrogen-bond acceptors (Lipinski definition) is 2. The van der Waals surface area contributed by atoms with Gasteiger partial charge in [-0.2, -0.15) is 0 Å². The van der Waals surface area contributed by atoms with Crippen molar-refractivity contribution in [1.82, 2.24) is 0 Å². The molecule has 0 saturated carbocycles.